The number of aliphatic carboxylic acids is 1. The van der Waals surface area contributed by atoms with E-state index in [2.05, 4.69) is 93.7 Å². The molecule has 454 valence electrons. The Bertz CT molecular complexity index is 1650. The van der Waals surface area contributed by atoms with Crippen molar-refractivity contribution in [3.8, 4) is 0 Å². The Morgan fingerprint density at radius 3 is 1.24 bits per heavy atom. The number of aliphatic hydroxyl groups excluding tert-OH is 2. The number of hydrogen-bond acceptors (Lipinski definition) is 11. The molecule has 1 fully saturated rings. The number of rotatable bonds is 54. The van der Waals surface area contributed by atoms with Crippen LogP contribution in [0, 0.1) is 0 Å². The summed E-state index contributed by atoms with van der Waals surface area (Å²) in [5, 5.41) is 31.5. The molecule has 0 saturated carbocycles. The van der Waals surface area contributed by atoms with Gasteiger partial charge in [0.2, 0.25) is 0 Å². The summed E-state index contributed by atoms with van der Waals surface area (Å²) in [6.45, 7) is 5.86. The van der Waals surface area contributed by atoms with E-state index in [-0.39, 0.29) is 25.9 Å². The normalized spacial score (nSPS) is 18.3. The highest BCUT2D eigenvalue weighted by Gasteiger charge is 2.50. The third kappa shape index (κ3) is 44.5. The van der Waals surface area contributed by atoms with Gasteiger partial charge in [-0.3, -0.25) is 14.4 Å². The lowest BCUT2D eigenvalue weighted by Crippen LogP contribution is -2.61. The second-order valence-corrected chi connectivity index (χ2v) is 21.7. The molecular formula is C67H114O12. The highest BCUT2D eigenvalue weighted by molar-refractivity contribution is 5.74. The van der Waals surface area contributed by atoms with E-state index in [4.69, 9.17) is 23.7 Å². The molecule has 3 N–H and O–H groups in total. The molecule has 0 aromatic carbocycles. The summed E-state index contributed by atoms with van der Waals surface area (Å²) >= 11 is 0. The summed E-state index contributed by atoms with van der Waals surface area (Å²) in [7, 11) is 0. The number of carbonyl (C=O) groups excluding carboxylic acids is 3. The van der Waals surface area contributed by atoms with E-state index in [1.165, 1.54) is 83.5 Å². The first-order valence-corrected chi connectivity index (χ1v) is 31.9. The van der Waals surface area contributed by atoms with Crippen LogP contribution in [0.3, 0.4) is 0 Å². The first-order valence-electron chi connectivity index (χ1n) is 31.9. The fourth-order valence-corrected chi connectivity index (χ4v) is 9.39. The topological polar surface area (TPSA) is 175 Å². The standard InChI is InChI=1S/C67H114O12/c1-4-7-10-13-16-19-22-25-27-29-30-32-33-36-38-41-44-47-50-53-59(68)75-56-58(77-60(69)54-51-48-45-42-40-37-34-31-28-26-23-20-17-14-11-8-5-2)57-76-67-65(63(72)62(71)64(79-67)66(73)74)78-61(70)55-52-49-46-43-39-35-24-21-18-15-12-9-6-3/h7,10,16-17,19-20,25-28,30,32,58,62-65,67,71-72H,4-6,8-9,11-15,18,21-24,29,31,33-57H2,1-3H3,(H,73,74)/b10-7-,19-16-,20-17-,27-25-,28-26-,32-30-. The van der Waals surface area contributed by atoms with Crippen LogP contribution < -0.4 is 0 Å². The van der Waals surface area contributed by atoms with Gasteiger partial charge in [0, 0.05) is 19.3 Å². The van der Waals surface area contributed by atoms with E-state index in [1.807, 2.05) is 0 Å². The van der Waals surface area contributed by atoms with Crippen molar-refractivity contribution in [3.63, 3.8) is 0 Å². The second-order valence-electron chi connectivity index (χ2n) is 21.7. The Kier molecular flexibility index (Phi) is 50.7. The van der Waals surface area contributed by atoms with E-state index in [0.717, 1.165) is 135 Å². The fraction of sp³-hybridized carbons (Fsp3) is 0.761. The van der Waals surface area contributed by atoms with Gasteiger partial charge in [0.15, 0.2) is 24.6 Å². The molecule has 0 radical (unpaired) electrons. The van der Waals surface area contributed by atoms with Crippen molar-refractivity contribution in [2.24, 2.45) is 0 Å². The monoisotopic (exact) mass is 1110 g/mol. The summed E-state index contributed by atoms with van der Waals surface area (Å²) in [5.41, 5.74) is 0. The van der Waals surface area contributed by atoms with Gasteiger partial charge in [0.05, 0.1) is 6.61 Å². The first-order chi connectivity index (χ1) is 38.6. The van der Waals surface area contributed by atoms with Crippen LogP contribution in [0.15, 0.2) is 72.9 Å². The number of allylic oxidation sites excluding steroid dienone is 12. The van der Waals surface area contributed by atoms with Crippen LogP contribution in [-0.2, 0) is 42.9 Å². The summed E-state index contributed by atoms with van der Waals surface area (Å²) in [6, 6.07) is 0. The summed E-state index contributed by atoms with van der Waals surface area (Å²) in [6.07, 6.45) is 57.1. The average molecular weight is 1110 g/mol. The Hall–Kier alpha value is -3.84. The molecule has 6 atom stereocenters. The number of carbonyl (C=O) groups is 4. The summed E-state index contributed by atoms with van der Waals surface area (Å²) in [4.78, 5) is 51.3. The molecule has 12 nitrogen and oxygen atoms in total. The predicted molar refractivity (Wildman–Crippen MR) is 322 cm³/mol. The molecule has 1 saturated heterocycles. The fourth-order valence-electron chi connectivity index (χ4n) is 9.39. The van der Waals surface area contributed by atoms with Crippen molar-refractivity contribution < 1.29 is 58.2 Å². The maximum atomic E-state index is 13.2. The minimum atomic E-state index is -1.91. The van der Waals surface area contributed by atoms with Crippen LogP contribution in [0.1, 0.15) is 278 Å². The van der Waals surface area contributed by atoms with Crippen LogP contribution in [0.2, 0.25) is 0 Å². The molecule has 1 aliphatic rings. The average Bonchev–Trinajstić information content (AvgIpc) is 3.44. The molecule has 0 aromatic heterocycles. The molecule has 6 unspecified atom stereocenters. The number of carboxylic acids is 1. The summed E-state index contributed by atoms with van der Waals surface area (Å²) in [5.74, 6) is -3.13. The van der Waals surface area contributed by atoms with Crippen LogP contribution in [0.25, 0.3) is 0 Å². The van der Waals surface area contributed by atoms with Gasteiger partial charge in [-0.2, -0.15) is 0 Å². The Morgan fingerprint density at radius 1 is 0.430 bits per heavy atom. The predicted octanol–water partition coefficient (Wildman–Crippen LogP) is 16.9. The molecule has 79 heavy (non-hydrogen) atoms. The lowest BCUT2D eigenvalue weighted by molar-refractivity contribution is -0.301. The molecular weight excluding hydrogens is 997 g/mol. The van der Waals surface area contributed by atoms with Crippen molar-refractivity contribution in [1.29, 1.82) is 0 Å². The third-order valence-corrected chi connectivity index (χ3v) is 14.3. The Morgan fingerprint density at radius 2 is 0.797 bits per heavy atom. The maximum absolute atomic E-state index is 13.2. The second kappa shape index (κ2) is 54.7. The van der Waals surface area contributed by atoms with Crippen molar-refractivity contribution in [1.82, 2.24) is 0 Å². The number of hydrogen-bond donors (Lipinski definition) is 3. The van der Waals surface area contributed by atoms with Crippen molar-refractivity contribution in [2.75, 3.05) is 13.2 Å². The molecule has 1 heterocycles. The highest BCUT2D eigenvalue weighted by Crippen LogP contribution is 2.27. The van der Waals surface area contributed by atoms with Crippen LogP contribution in [-0.4, -0.2) is 89.2 Å². The van der Waals surface area contributed by atoms with Crippen molar-refractivity contribution in [2.45, 2.75) is 314 Å². The van der Waals surface area contributed by atoms with Gasteiger partial charge in [-0.05, 0) is 89.9 Å². The minimum Gasteiger partial charge on any atom is -0.479 e. The Balaban J connectivity index is 2.68. The molecule has 0 aliphatic carbocycles. The first kappa shape index (κ1) is 73.2. The van der Waals surface area contributed by atoms with Gasteiger partial charge in [-0.25, -0.2) is 4.79 Å². The third-order valence-electron chi connectivity index (χ3n) is 14.3. The van der Waals surface area contributed by atoms with E-state index >= 15 is 0 Å². The van der Waals surface area contributed by atoms with E-state index in [9.17, 15) is 34.5 Å². The largest absolute Gasteiger partial charge is 0.479 e. The lowest BCUT2D eigenvalue weighted by Gasteiger charge is -2.40. The van der Waals surface area contributed by atoms with Gasteiger partial charge in [-0.1, -0.05) is 241 Å². The van der Waals surface area contributed by atoms with Crippen molar-refractivity contribution >= 4 is 23.9 Å². The van der Waals surface area contributed by atoms with E-state index in [0.29, 0.717) is 19.3 Å². The molecule has 0 aromatic rings. The van der Waals surface area contributed by atoms with Crippen LogP contribution >= 0.6 is 0 Å². The SMILES string of the molecule is CC/C=C\C/C=C\C/C=C\C/C=C\CCCCCCCCC(=O)OCC(COC1OC(C(=O)O)C(O)C(O)C1OC(=O)CCCCCCCCCCCCCCC)OC(=O)CCCCCCCCC/C=C\C/C=C\CCCCC. The van der Waals surface area contributed by atoms with E-state index in [1.54, 1.807) is 0 Å². The van der Waals surface area contributed by atoms with Gasteiger partial charge < -0.3 is 39.0 Å². The lowest BCUT2D eigenvalue weighted by atomic mass is 9.98. The number of carboxylic acid groups (broad SMARTS) is 1. The van der Waals surface area contributed by atoms with Gasteiger partial charge >= 0.3 is 23.9 Å². The number of esters is 3. The maximum Gasteiger partial charge on any atom is 0.335 e. The van der Waals surface area contributed by atoms with Gasteiger partial charge in [0.1, 0.15) is 18.8 Å². The molecule has 1 rings (SSSR count). The zero-order valence-corrected chi connectivity index (χ0v) is 50.1. The van der Waals surface area contributed by atoms with Crippen LogP contribution in [0.4, 0.5) is 0 Å². The van der Waals surface area contributed by atoms with Crippen molar-refractivity contribution in [3.05, 3.63) is 72.9 Å². The quantitative estimate of drug-likeness (QED) is 0.0228. The smallest absolute Gasteiger partial charge is 0.335 e. The molecule has 1 aliphatic heterocycles. The zero-order valence-electron chi connectivity index (χ0n) is 50.1. The number of unbranched alkanes of at least 4 members (excludes halogenated alkanes) is 28. The summed E-state index contributed by atoms with van der Waals surface area (Å²) < 4.78 is 28.5. The number of aliphatic hydroxyl groups is 2. The molecule has 0 spiro atoms. The molecule has 0 bridgehead atoms. The number of ether oxygens (including phenoxy) is 5. The highest BCUT2D eigenvalue weighted by atomic mass is 16.7. The van der Waals surface area contributed by atoms with Gasteiger partial charge in [-0.15, -0.1) is 0 Å². The van der Waals surface area contributed by atoms with E-state index < -0.39 is 67.3 Å². The van der Waals surface area contributed by atoms with Gasteiger partial charge in [0.25, 0.3) is 0 Å². The molecule has 0 amide bonds. The molecule has 12 heteroatoms. The Labute approximate surface area is 480 Å². The minimum absolute atomic E-state index is 0.0597. The van der Waals surface area contributed by atoms with Crippen LogP contribution in [0.5, 0.6) is 0 Å². The zero-order chi connectivity index (χ0) is 57.5.